The standard InChI is InChI=1S/C18H16BrN3O/c19-17-14-10-12(8-9-16(14)21-22-17)18(23)20-15-7-3-5-11-4-1-2-6-13(11)15/h1-2,4,6,8-10,15H,3,5,7H2,(H,20,23)(H,21,22)/t15-/m1/s1. The molecule has 1 aliphatic rings. The second kappa shape index (κ2) is 5.81. The van der Waals surface area contributed by atoms with Gasteiger partial charge in [0.15, 0.2) is 0 Å². The number of rotatable bonds is 2. The summed E-state index contributed by atoms with van der Waals surface area (Å²) < 4.78 is 0.796. The monoisotopic (exact) mass is 369 g/mol. The molecule has 0 saturated carbocycles. The Morgan fingerprint density at radius 2 is 2.13 bits per heavy atom. The maximum atomic E-state index is 12.6. The number of carbonyl (C=O) groups excluding carboxylic acids is 1. The summed E-state index contributed by atoms with van der Waals surface area (Å²) in [4.78, 5) is 12.6. The van der Waals surface area contributed by atoms with E-state index in [0.717, 1.165) is 34.8 Å². The number of hydrogen-bond donors (Lipinski definition) is 2. The molecule has 2 N–H and O–H groups in total. The fraction of sp³-hybridized carbons (Fsp3) is 0.222. The molecule has 2 aromatic carbocycles. The van der Waals surface area contributed by atoms with Crippen molar-refractivity contribution in [3.05, 3.63) is 63.8 Å². The predicted molar refractivity (Wildman–Crippen MR) is 93.4 cm³/mol. The Morgan fingerprint density at radius 1 is 1.26 bits per heavy atom. The zero-order valence-corrected chi connectivity index (χ0v) is 14.1. The van der Waals surface area contributed by atoms with Crippen LogP contribution in [0, 0.1) is 0 Å². The van der Waals surface area contributed by atoms with E-state index in [9.17, 15) is 4.79 Å². The van der Waals surface area contributed by atoms with E-state index in [-0.39, 0.29) is 11.9 Å². The van der Waals surface area contributed by atoms with Crippen molar-refractivity contribution in [2.24, 2.45) is 0 Å². The third-order valence-electron chi connectivity index (χ3n) is 4.44. The fourth-order valence-electron chi connectivity index (χ4n) is 3.27. The van der Waals surface area contributed by atoms with Crippen LogP contribution in [0.3, 0.4) is 0 Å². The van der Waals surface area contributed by atoms with Crippen LogP contribution >= 0.6 is 15.9 Å². The highest BCUT2D eigenvalue weighted by molar-refractivity contribution is 9.10. The summed E-state index contributed by atoms with van der Waals surface area (Å²) in [5.41, 5.74) is 4.09. The Bertz CT molecular complexity index is 887. The number of aromatic amines is 1. The van der Waals surface area contributed by atoms with Gasteiger partial charge in [-0.3, -0.25) is 9.89 Å². The number of carbonyl (C=O) groups is 1. The lowest BCUT2D eigenvalue weighted by Gasteiger charge is -2.26. The van der Waals surface area contributed by atoms with E-state index in [4.69, 9.17) is 0 Å². The summed E-state index contributed by atoms with van der Waals surface area (Å²) in [6.45, 7) is 0. The van der Waals surface area contributed by atoms with Crippen LogP contribution in [0.2, 0.25) is 0 Å². The lowest BCUT2D eigenvalue weighted by atomic mass is 9.87. The molecule has 116 valence electrons. The summed E-state index contributed by atoms with van der Waals surface area (Å²) in [5.74, 6) is -0.0401. The quantitative estimate of drug-likeness (QED) is 0.713. The summed E-state index contributed by atoms with van der Waals surface area (Å²) in [6.07, 6.45) is 3.19. The number of amides is 1. The van der Waals surface area contributed by atoms with Crippen molar-refractivity contribution in [2.75, 3.05) is 0 Å². The molecule has 1 atom stereocenters. The molecule has 0 saturated heterocycles. The highest BCUT2D eigenvalue weighted by Gasteiger charge is 2.22. The average molecular weight is 370 g/mol. The van der Waals surface area contributed by atoms with Crippen LogP contribution in [0.1, 0.15) is 40.4 Å². The number of nitrogens with one attached hydrogen (secondary N) is 2. The minimum absolute atomic E-state index is 0.0401. The average Bonchev–Trinajstić information content (AvgIpc) is 2.96. The maximum Gasteiger partial charge on any atom is 0.251 e. The van der Waals surface area contributed by atoms with Gasteiger partial charge in [0, 0.05) is 10.9 Å². The Hall–Kier alpha value is -2.14. The number of fused-ring (bicyclic) bond motifs is 2. The topological polar surface area (TPSA) is 57.8 Å². The molecule has 4 nitrogen and oxygen atoms in total. The van der Waals surface area contributed by atoms with Crippen LogP contribution in [-0.2, 0) is 6.42 Å². The first kappa shape index (κ1) is 14.5. The molecular weight excluding hydrogens is 354 g/mol. The number of nitrogens with zero attached hydrogens (tertiary/aromatic N) is 1. The number of H-pyrrole nitrogens is 1. The van der Waals surface area contributed by atoms with Crippen molar-refractivity contribution in [3.63, 3.8) is 0 Å². The first-order valence-corrected chi connectivity index (χ1v) is 8.54. The van der Waals surface area contributed by atoms with Crippen LogP contribution in [-0.4, -0.2) is 16.1 Å². The molecule has 0 radical (unpaired) electrons. The maximum absolute atomic E-state index is 12.6. The van der Waals surface area contributed by atoms with E-state index >= 15 is 0 Å². The van der Waals surface area contributed by atoms with E-state index in [2.05, 4.69) is 49.6 Å². The van der Waals surface area contributed by atoms with Gasteiger partial charge >= 0.3 is 0 Å². The molecule has 1 aliphatic carbocycles. The third-order valence-corrected chi connectivity index (χ3v) is 5.05. The Labute approximate surface area is 142 Å². The molecule has 0 bridgehead atoms. The molecule has 3 aromatic rings. The van der Waals surface area contributed by atoms with E-state index in [0.29, 0.717) is 5.56 Å². The van der Waals surface area contributed by atoms with Crippen LogP contribution in [0.5, 0.6) is 0 Å². The van der Waals surface area contributed by atoms with E-state index in [1.807, 2.05) is 24.3 Å². The van der Waals surface area contributed by atoms with E-state index < -0.39 is 0 Å². The molecule has 23 heavy (non-hydrogen) atoms. The molecule has 1 heterocycles. The highest BCUT2D eigenvalue weighted by Crippen LogP contribution is 2.30. The molecule has 4 rings (SSSR count). The van der Waals surface area contributed by atoms with Crippen LogP contribution < -0.4 is 5.32 Å². The van der Waals surface area contributed by atoms with E-state index in [1.165, 1.54) is 11.1 Å². The minimum atomic E-state index is -0.0401. The van der Waals surface area contributed by atoms with Crippen molar-refractivity contribution in [3.8, 4) is 0 Å². The Balaban J connectivity index is 1.61. The van der Waals surface area contributed by atoms with Crippen molar-refractivity contribution in [2.45, 2.75) is 25.3 Å². The molecule has 0 unspecified atom stereocenters. The molecule has 5 heteroatoms. The molecule has 1 aromatic heterocycles. The minimum Gasteiger partial charge on any atom is -0.345 e. The fourth-order valence-corrected chi connectivity index (χ4v) is 3.67. The van der Waals surface area contributed by atoms with E-state index in [1.54, 1.807) is 0 Å². The number of aryl methyl sites for hydroxylation is 1. The van der Waals surface area contributed by atoms with Gasteiger partial charge in [0.05, 0.1) is 11.6 Å². The zero-order valence-electron chi connectivity index (χ0n) is 12.5. The predicted octanol–water partition coefficient (Wildman–Crippen LogP) is 4.13. The SMILES string of the molecule is O=C(N[C@@H]1CCCc2ccccc21)c1ccc2n[nH]c(Br)c2c1. The van der Waals surface area contributed by atoms with Crippen LogP contribution in [0.15, 0.2) is 47.1 Å². The van der Waals surface area contributed by atoms with Gasteiger partial charge in [-0.15, -0.1) is 0 Å². The number of hydrogen-bond acceptors (Lipinski definition) is 2. The van der Waals surface area contributed by atoms with Crippen molar-refractivity contribution < 1.29 is 4.79 Å². The Kier molecular flexibility index (Phi) is 3.65. The lowest BCUT2D eigenvalue weighted by Crippen LogP contribution is -2.30. The summed E-state index contributed by atoms with van der Waals surface area (Å²) in [7, 11) is 0. The van der Waals surface area contributed by atoms with Crippen molar-refractivity contribution >= 4 is 32.7 Å². The molecule has 0 fully saturated rings. The normalized spacial score (nSPS) is 17.0. The number of aromatic nitrogens is 2. The highest BCUT2D eigenvalue weighted by atomic mass is 79.9. The van der Waals surface area contributed by atoms with Gasteiger partial charge in [0.1, 0.15) is 4.60 Å². The third kappa shape index (κ3) is 2.65. The lowest BCUT2D eigenvalue weighted by molar-refractivity contribution is 0.0933. The van der Waals surface area contributed by atoms with Gasteiger partial charge in [0.2, 0.25) is 0 Å². The number of halogens is 1. The van der Waals surface area contributed by atoms with Crippen molar-refractivity contribution in [1.82, 2.24) is 15.5 Å². The summed E-state index contributed by atoms with van der Waals surface area (Å²) in [6, 6.07) is 14.0. The Morgan fingerprint density at radius 3 is 3.04 bits per heavy atom. The second-order valence-electron chi connectivity index (χ2n) is 5.89. The van der Waals surface area contributed by atoms with Crippen LogP contribution in [0.4, 0.5) is 0 Å². The van der Waals surface area contributed by atoms with Gasteiger partial charge in [0.25, 0.3) is 5.91 Å². The van der Waals surface area contributed by atoms with Gasteiger partial charge in [-0.25, -0.2) is 0 Å². The smallest absolute Gasteiger partial charge is 0.251 e. The van der Waals surface area contributed by atoms with Gasteiger partial charge < -0.3 is 5.32 Å². The van der Waals surface area contributed by atoms with Gasteiger partial charge in [-0.1, -0.05) is 24.3 Å². The van der Waals surface area contributed by atoms with Crippen LogP contribution in [0.25, 0.3) is 10.9 Å². The zero-order chi connectivity index (χ0) is 15.8. The molecule has 1 amide bonds. The molecule has 0 aliphatic heterocycles. The van der Waals surface area contributed by atoms with Gasteiger partial charge in [-0.2, -0.15) is 5.10 Å². The second-order valence-corrected chi connectivity index (χ2v) is 6.68. The van der Waals surface area contributed by atoms with Gasteiger partial charge in [-0.05, 0) is 64.5 Å². The largest absolute Gasteiger partial charge is 0.345 e. The number of benzene rings is 2. The molecular formula is C18H16BrN3O. The molecule has 0 spiro atoms. The summed E-state index contributed by atoms with van der Waals surface area (Å²) >= 11 is 3.42. The summed E-state index contributed by atoms with van der Waals surface area (Å²) in [5, 5.41) is 11.1. The first-order chi connectivity index (χ1) is 11.2. The first-order valence-electron chi connectivity index (χ1n) is 7.74. The van der Waals surface area contributed by atoms with Crippen molar-refractivity contribution in [1.29, 1.82) is 0 Å².